The molecule has 0 unspecified atom stereocenters. The van der Waals surface area contributed by atoms with Crippen LogP contribution in [0.2, 0.25) is 0 Å². The van der Waals surface area contributed by atoms with E-state index >= 15 is 0 Å². The smallest absolute Gasteiger partial charge is 0.331 e. The van der Waals surface area contributed by atoms with Gasteiger partial charge in [0.15, 0.2) is 0 Å². The van der Waals surface area contributed by atoms with Crippen molar-refractivity contribution in [3.63, 3.8) is 0 Å². The Morgan fingerprint density at radius 2 is 2.14 bits per heavy atom. The summed E-state index contributed by atoms with van der Waals surface area (Å²) in [6.07, 6.45) is 5.90. The fourth-order valence-corrected chi connectivity index (χ4v) is 4.71. The van der Waals surface area contributed by atoms with Crippen molar-refractivity contribution in [2.45, 2.75) is 25.9 Å². The summed E-state index contributed by atoms with van der Waals surface area (Å²) in [6, 6.07) is 5.28. The van der Waals surface area contributed by atoms with E-state index in [1.807, 2.05) is 0 Å². The van der Waals surface area contributed by atoms with Crippen LogP contribution in [0.4, 0.5) is 0 Å². The molecule has 1 N–H and O–H groups in total. The average molecular weight is 412 g/mol. The highest BCUT2D eigenvalue weighted by atomic mass is 32.1. The number of carbonyl (C=O) groups is 1. The second-order valence-corrected chi connectivity index (χ2v) is 7.68. The van der Waals surface area contributed by atoms with Crippen molar-refractivity contribution in [2.75, 3.05) is 14.2 Å². The predicted octanol–water partition coefficient (Wildman–Crippen LogP) is 3.25. The standard InChI is InChI=1S/C21H20N2O5S/c1-26-13-7-8-15(27-2)12(10-13)6-9-18(24)28-11-17-22-20(25)19-14-4-3-5-16(14)29-21(19)23-17/h6-10H,3-5,11H2,1-2H3,(H,22,23,25)/b9-6+. The van der Waals surface area contributed by atoms with Gasteiger partial charge in [0.25, 0.3) is 5.56 Å². The summed E-state index contributed by atoms with van der Waals surface area (Å²) >= 11 is 1.55. The number of hydrogen-bond donors (Lipinski definition) is 1. The molecule has 0 spiro atoms. The lowest BCUT2D eigenvalue weighted by molar-refractivity contribution is -0.139. The monoisotopic (exact) mass is 412 g/mol. The Morgan fingerprint density at radius 3 is 2.93 bits per heavy atom. The van der Waals surface area contributed by atoms with Crippen LogP contribution in [0.1, 0.15) is 28.2 Å². The zero-order valence-corrected chi connectivity index (χ0v) is 16.9. The van der Waals surface area contributed by atoms with E-state index in [9.17, 15) is 9.59 Å². The molecule has 3 aromatic rings. The van der Waals surface area contributed by atoms with Gasteiger partial charge in [0.05, 0.1) is 19.6 Å². The van der Waals surface area contributed by atoms with Crippen LogP contribution in [-0.4, -0.2) is 30.2 Å². The minimum atomic E-state index is -0.550. The van der Waals surface area contributed by atoms with Crippen molar-refractivity contribution in [2.24, 2.45) is 0 Å². The molecule has 0 bridgehead atoms. The molecule has 0 saturated carbocycles. The molecule has 7 nitrogen and oxygen atoms in total. The number of carbonyl (C=O) groups excluding carboxylic acids is 1. The van der Waals surface area contributed by atoms with Crippen molar-refractivity contribution < 1.29 is 19.0 Å². The van der Waals surface area contributed by atoms with Crippen molar-refractivity contribution in [1.29, 1.82) is 0 Å². The van der Waals surface area contributed by atoms with Crippen molar-refractivity contribution in [3.05, 3.63) is 56.5 Å². The van der Waals surface area contributed by atoms with E-state index in [4.69, 9.17) is 14.2 Å². The molecule has 4 rings (SSSR count). The Bertz CT molecular complexity index is 1160. The van der Waals surface area contributed by atoms with Crippen LogP contribution in [-0.2, 0) is 29.0 Å². The molecule has 150 valence electrons. The quantitative estimate of drug-likeness (QED) is 0.494. The highest BCUT2D eigenvalue weighted by Gasteiger charge is 2.21. The normalized spacial score (nSPS) is 13.0. The van der Waals surface area contributed by atoms with Crippen molar-refractivity contribution in [3.8, 4) is 11.5 Å². The van der Waals surface area contributed by atoms with Gasteiger partial charge in [-0.1, -0.05) is 0 Å². The number of H-pyrrole nitrogens is 1. The Morgan fingerprint density at radius 1 is 1.28 bits per heavy atom. The van der Waals surface area contributed by atoms with E-state index in [2.05, 4.69) is 9.97 Å². The fraction of sp³-hybridized carbons (Fsp3) is 0.286. The summed E-state index contributed by atoms with van der Waals surface area (Å²) < 4.78 is 15.7. The van der Waals surface area contributed by atoms with Gasteiger partial charge in [-0.25, -0.2) is 9.78 Å². The van der Waals surface area contributed by atoms with Gasteiger partial charge >= 0.3 is 5.97 Å². The molecule has 29 heavy (non-hydrogen) atoms. The minimum absolute atomic E-state index is 0.105. The van der Waals surface area contributed by atoms with E-state index in [-0.39, 0.29) is 12.2 Å². The lowest BCUT2D eigenvalue weighted by Crippen LogP contribution is -2.13. The molecule has 1 aliphatic carbocycles. The molecule has 8 heteroatoms. The second-order valence-electron chi connectivity index (χ2n) is 6.60. The van der Waals surface area contributed by atoms with Gasteiger partial charge in [0.2, 0.25) is 0 Å². The lowest BCUT2D eigenvalue weighted by Gasteiger charge is -2.07. The van der Waals surface area contributed by atoms with Gasteiger partial charge < -0.3 is 19.2 Å². The molecular formula is C21H20N2O5S. The first kappa shape index (κ1) is 19.2. The number of nitrogens with zero attached hydrogens (tertiary/aromatic N) is 1. The third-order valence-electron chi connectivity index (χ3n) is 4.81. The maximum atomic E-state index is 12.4. The minimum Gasteiger partial charge on any atom is -0.497 e. The summed E-state index contributed by atoms with van der Waals surface area (Å²) in [5.74, 6) is 1.04. The summed E-state index contributed by atoms with van der Waals surface area (Å²) in [5, 5.41) is 0.683. The van der Waals surface area contributed by atoms with Crippen molar-refractivity contribution in [1.82, 2.24) is 9.97 Å². The molecule has 0 fully saturated rings. The highest BCUT2D eigenvalue weighted by molar-refractivity contribution is 7.18. The third kappa shape index (κ3) is 3.88. The molecular weight excluding hydrogens is 392 g/mol. The van der Waals surface area contributed by atoms with Crippen LogP contribution in [0.3, 0.4) is 0 Å². The summed E-state index contributed by atoms with van der Waals surface area (Å²) in [7, 11) is 3.12. The van der Waals surface area contributed by atoms with Gasteiger partial charge in [-0.05, 0) is 49.1 Å². The number of fused-ring (bicyclic) bond motifs is 3. The Hall–Kier alpha value is -3.13. The zero-order valence-electron chi connectivity index (χ0n) is 16.1. The third-order valence-corrected chi connectivity index (χ3v) is 6.00. The molecule has 0 saturated heterocycles. The summed E-state index contributed by atoms with van der Waals surface area (Å²) in [6.45, 7) is -0.105. The van der Waals surface area contributed by atoms with Crippen molar-refractivity contribution >= 4 is 33.6 Å². The van der Waals surface area contributed by atoms with Crippen LogP contribution < -0.4 is 15.0 Å². The lowest BCUT2D eigenvalue weighted by atomic mass is 10.1. The molecule has 2 heterocycles. The van der Waals surface area contributed by atoms with Crippen LogP contribution >= 0.6 is 11.3 Å². The number of aromatic nitrogens is 2. The second kappa shape index (κ2) is 8.08. The molecule has 1 aliphatic rings. The molecule has 2 aromatic heterocycles. The number of nitrogens with one attached hydrogen (secondary N) is 1. The van der Waals surface area contributed by atoms with Crippen LogP contribution in [0.15, 0.2) is 29.1 Å². The summed E-state index contributed by atoms with van der Waals surface area (Å²) in [4.78, 5) is 33.7. The Kier molecular flexibility index (Phi) is 5.35. The Balaban J connectivity index is 1.46. The Labute approximate surface area is 171 Å². The number of benzene rings is 1. The highest BCUT2D eigenvalue weighted by Crippen LogP contribution is 2.34. The number of aryl methyl sites for hydroxylation is 2. The van der Waals surface area contributed by atoms with Crippen LogP contribution in [0.25, 0.3) is 16.3 Å². The topological polar surface area (TPSA) is 90.5 Å². The maximum absolute atomic E-state index is 12.4. The van der Waals surface area contributed by atoms with E-state index in [1.54, 1.807) is 49.8 Å². The number of thiophene rings is 1. The molecule has 1 aromatic carbocycles. The van der Waals surface area contributed by atoms with E-state index in [0.29, 0.717) is 33.1 Å². The van der Waals surface area contributed by atoms with Gasteiger partial charge in [-0.15, -0.1) is 11.3 Å². The first-order chi connectivity index (χ1) is 14.1. The molecule has 0 aliphatic heterocycles. The van der Waals surface area contributed by atoms with E-state index in [0.717, 1.165) is 24.8 Å². The van der Waals surface area contributed by atoms with Gasteiger partial charge in [-0.2, -0.15) is 0 Å². The van der Waals surface area contributed by atoms with Gasteiger partial charge in [0.1, 0.15) is 28.8 Å². The van der Waals surface area contributed by atoms with Gasteiger partial charge in [0, 0.05) is 16.5 Å². The average Bonchev–Trinajstić information content (AvgIpc) is 3.31. The number of esters is 1. The number of rotatable bonds is 6. The fourth-order valence-electron chi connectivity index (χ4n) is 3.43. The largest absolute Gasteiger partial charge is 0.497 e. The zero-order chi connectivity index (χ0) is 20.4. The van der Waals surface area contributed by atoms with E-state index in [1.165, 1.54) is 11.0 Å². The van der Waals surface area contributed by atoms with Crippen LogP contribution in [0.5, 0.6) is 11.5 Å². The van der Waals surface area contributed by atoms with E-state index < -0.39 is 5.97 Å². The SMILES string of the molecule is COc1ccc(OC)c(/C=C/C(=O)OCc2nc3sc4c(c3c(=O)[nH]2)CCC4)c1. The molecule has 0 radical (unpaired) electrons. The molecule has 0 atom stereocenters. The first-order valence-electron chi connectivity index (χ1n) is 9.19. The number of hydrogen-bond acceptors (Lipinski definition) is 7. The van der Waals surface area contributed by atoms with Crippen LogP contribution in [0, 0.1) is 0 Å². The van der Waals surface area contributed by atoms with Gasteiger partial charge in [-0.3, -0.25) is 4.79 Å². The number of methoxy groups -OCH3 is 2. The number of ether oxygens (including phenoxy) is 3. The maximum Gasteiger partial charge on any atom is 0.331 e. The molecule has 0 amide bonds. The predicted molar refractivity (Wildman–Crippen MR) is 111 cm³/mol. The number of aromatic amines is 1. The summed E-state index contributed by atoms with van der Waals surface area (Å²) in [5.41, 5.74) is 1.64. The first-order valence-corrected chi connectivity index (χ1v) is 10.0.